The third-order valence-electron chi connectivity index (χ3n) is 4.47. The second kappa shape index (κ2) is 8.80. The molecule has 0 spiro atoms. The number of benzene rings is 3. The Morgan fingerprint density at radius 1 is 0.906 bits per heavy atom. The summed E-state index contributed by atoms with van der Waals surface area (Å²) in [6.45, 7) is 0. The fraction of sp³-hybridized carbons (Fsp3) is 0.0435. The van der Waals surface area contributed by atoms with Crippen LogP contribution >= 0.6 is 11.3 Å². The first-order valence-electron chi connectivity index (χ1n) is 9.35. The fourth-order valence-electron chi connectivity index (χ4n) is 2.92. The summed E-state index contributed by atoms with van der Waals surface area (Å²) in [5.41, 5.74) is 1.52. The molecule has 4 rings (SSSR count). The number of alkyl halides is 3. The molecule has 0 radical (unpaired) electrons. The van der Waals surface area contributed by atoms with Crippen LogP contribution in [0.4, 0.5) is 34.1 Å². The predicted molar refractivity (Wildman–Crippen MR) is 117 cm³/mol. The molecule has 0 aliphatic carbocycles. The van der Waals surface area contributed by atoms with E-state index in [1.165, 1.54) is 35.6 Å². The van der Waals surface area contributed by atoms with Crippen molar-refractivity contribution in [2.24, 2.45) is 0 Å². The monoisotopic (exact) mass is 457 g/mol. The van der Waals surface area contributed by atoms with Crippen LogP contribution in [-0.2, 0) is 6.18 Å². The molecule has 0 aliphatic heterocycles. The zero-order chi connectivity index (χ0) is 22.7. The van der Waals surface area contributed by atoms with Gasteiger partial charge >= 0.3 is 6.18 Å². The molecule has 4 nitrogen and oxygen atoms in total. The molecule has 0 bridgehead atoms. The summed E-state index contributed by atoms with van der Waals surface area (Å²) in [6.07, 6.45) is -4.52. The number of hydrogen-bond donors (Lipinski definition) is 2. The Morgan fingerprint density at radius 3 is 2.38 bits per heavy atom. The van der Waals surface area contributed by atoms with Crippen LogP contribution in [0, 0.1) is 5.82 Å². The first-order chi connectivity index (χ1) is 15.3. The van der Waals surface area contributed by atoms with Gasteiger partial charge in [0, 0.05) is 27.9 Å². The molecule has 2 N–H and O–H groups in total. The summed E-state index contributed by atoms with van der Waals surface area (Å²) in [7, 11) is 0. The van der Waals surface area contributed by atoms with Crippen molar-refractivity contribution in [2.75, 3.05) is 10.6 Å². The normalized spacial score (nSPS) is 11.2. The fourth-order valence-corrected chi connectivity index (χ4v) is 3.66. The molecular weight excluding hydrogens is 442 g/mol. The number of anilines is 3. The molecule has 162 valence electrons. The van der Waals surface area contributed by atoms with E-state index in [-0.39, 0.29) is 11.4 Å². The lowest BCUT2D eigenvalue weighted by Gasteiger charge is -2.09. The number of nitrogens with zero attached hydrogens (tertiary/aromatic N) is 1. The van der Waals surface area contributed by atoms with Gasteiger partial charge in [-0.05, 0) is 48.5 Å². The van der Waals surface area contributed by atoms with Gasteiger partial charge in [0.05, 0.1) is 11.3 Å². The number of halogens is 4. The maximum Gasteiger partial charge on any atom is 0.416 e. The number of thiazole rings is 1. The van der Waals surface area contributed by atoms with Crippen LogP contribution in [0.2, 0.25) is 0 Å². The van der Waals surface area contributed by atoms with Crippen molar-refractivity contribution < 1.29 is 22.4 Å². The first-order valence-corrected chi connectivity index (χ1v) is 10.2. The molecule has 9 heteroatoms. The summed E-state index contributed by atoms with van der Waals surface area (Å²) >= 11 is 1.35. The van der Waals surface area contributed by atoms with Gasteiger partial charge in [0.2, 0.25) is 0 Å². The van der Waals surface area contributed by atoms with Crippen molar-refractivity contribution in [3.05, 3.63) is 95.1 Å². The van der Waals surface area contributed by atoms with Crippen LogP contribution in [0.15, 0.2) is 78.2 Å². The topological polar surface area (TPSA) is 54.0 Å². The summed E-state index contributed by atoms with van der Waals surface area (Å²) in [5, 5.41) is 8.04. The highest BCUT2D eigenvalue weighted by molar-refractivity contribution is 7.14. The molecule has 0 aliphatic rings. The van der Waals surface area contributed by atoms with Gasteiger partial charge in [0.1, 0.15) is 5.82 Å². The van der Waals surface area contributed by atoms with Crippen LogP contribution in [-0.4, -0.2) is 10.9 Å². The van der Waals surface area contributed by atoms with Gasteiger partial charge in [-0.3, -0.25) is 4.79 Å². The van der Waals surface area contributed by atoms with Crippen molar-refractivity contribution in [2.45, 2.75) is 6.18 Å². The number of aromatic nitrogens is 1. The lowest BCUT2D eigenvalue weighted by Crippen LogP contribution is -2.13. The Morgan fingerprint density at radius 2 is 1.66 bits per heavy atom. The molecule has 0 saturated heterocycles. The molecule has 0 fully saturated rings. The molecule has 32 heavy (non-hydrogen) atoms. The summed E-state index contributed by atoms with van der Waals surface area (Å²) in [5.74, 6) is -0.992. The van der Waals surface area contributed by atoms with Crippen molar-refractivity contribution >= 4 is 33.8 Å². The Balaban J connectivity index is 1.44. The number of hydrogen-bond acceptors (Lipinski definition) is 4. The lowest BCUT2D eigenvalue weighted by atomic mass is 10.1. The third-order valence-corrected chi connectivity index (χ3v) is 5.23. The van der Waals surface area contributed by atoms with E-state index >= 15 is 0 Å². The highest BCUT2D eigenvalue weighted by Crippen LogP contribution is 2.30. The number of nitrogens with one attached hydrogen (secondary N) is 2. The largest absolute Gasteiger partial charge is 0.416 e. The zero-order valence-electron chi connectivity index (χ0n) is 16.3. The number of rotatable bonds is 5. The average molecular weight is 457 g/mol. The second-order valence-corrected chi connectivity index (χ2v) is 7.64. The van der Waals surface area contributed by atoms with E-state index < -0.39 is 17.6 Å². The second-order valence-electron chi connectivity index (χ2n) is 6.78. The van der Waals surface area contributed by atoms with Gasteiger partial charge in [-0.2, -0.15) is 13.2 Å². The third kappa shape index (κ3) is 5.12. The molecule has 0 unspecified atom stereocenters. The predicted octanol–water partition coefficient (Wildman–Crippen LogP) is 6.96. The van der Waals surface area contributed by atoms with Crippen molar-refractivity contribution in [3.63, 3.8) is 0 Å². The van der Waals surface area contributed by atoms with Gasteiger partial charge < -0.3 is 10.6 Å². The Hall–Kier alpha value is -3.72. The summed E-state index contributed by atoms with van der Waals surface area (Å²) in [4.78, 5) is 16.8. The molecule has 1 amide bonds. The number of amides is 1. The molecule has 4 aromatic rings. The van der Waals surface area contributed by atoms with Crippen molar-refractivity contribution in [1.29, 1.82) is 0 Å². The quantitative estimate of drug-likeness (QED) is 0.319. The zero-order valence-corrected chi connectivity index (χ0v) is 17.1. The van der Waals surface area contributed by atoms with E-state index in [9.17, 15) is 22.4 Å². The lowest BCUT2D eigenvalue weighted by molar-refractivity contribution is -0.137. The molecule has 1 aromatic heterocycles. The Bertz CT molecular complexity index is 1250. The number of carbonyl (C=O) groups is 1. The van der Waals surface area contributed by atoms with Crippen molar-refractivity contribution in [1.82, 2.24) is 4.98 Å². The minimum atomic E-state index is -4.52. The first kappa shape index (κ1) is 21.5. The van der Waals surface area contributed by atoms with Crippen LogP contribution in [0.5, 0.6) is 0 Å². The van der Waals surface area contributed by atoms with Gasteiger partial charge in [0.15, 0.2) is 5.13 Å². The van der Waals surface area contributed by atoms with E-state index in [2.05, 4.69) is 15.6 Å². The van der Waals surface area contributed by atoms with Crippen molar-refractivity contribution in [3.8, 4) is 11.3 Å². The highest BCUT2D eigenvalue weighted by Gasteiger charge is 2.30. The van der Waals surface area contributed by atoms with Crippen LogP contribution in [0.1, 0.15) is 15.9 Å². The van der Waals surface area contributed by atoms with E-state index in [4.69, 9.17) is 0 Å². The minimum absolute atomic E-state index is 0.0866. The van der Waals surface area contributed by atoms with Crippen LogP contribution in [0.25, 0.3) is 11.3 Å². The van der Waals surface area contributed by atoms with Gasteiger partial charge in [0.25, 0.3) is 5.91 Å². The average Bonchev–Trinajstić information content (AvgIpc) is 3.22. The molecule has 0 saturated carbocycles. The van der Waals surface area contributed by atoms with E-state index in [0.29, 0.717) is 22.2 Å². The summed E-state index contributed by atoms with van der Waals surface area (Å²) < 4.78 is 51.9. The molecular formula is C23H15F4N3OS. The van der Waals surface area contributed by atoms with Gasteiger partial charge in [-0.1, -0.05) is 24.3 Å². The molecule has 0 atom stereocenters. The van der Waals surface area contributed by atoms with Gasteiger partial charge in [-0.25, -0.2) is 9.37 Å². The summed E-state index contributed by atoms with van der Waals surface area (Å²) in [6, 6.07) is 17.0. The van der Waals surface area contributed by atoms with Crippen LogP contribution in [0.3, 0.4) is 0 Å². The highest BCUT2D eigenvalue weighted by atomic mass is 32.1. The Labute approximate surface area is 184 Å². The van der Waals surface area contributed by atoms with Crippen LogP contribution < -0.4 is 10.6 Å². The molecule has 3 aromatic carbocycles. The standard InChI is InChI=1S/C23H15F4N3OS/c24-17-5-2-6-19(12-17)29-22-30-20(13-32-22)14-7-9-18(10-8-14)28-21(31)15-3-1-4-16(11-15)23(25,26)27/h1-13H,(H,28,31)(H,29,30). The smallest absolute Gasteiger partial charge is 0.331 e. The Kier molecular flexibility index (Phi) is 5.91. The van der Waals surface area contributed by atoms with Gasteiger partial charge in [-0.15, -0.1) is 11.3 Å². The van der Waals surface area contributed by atoms with E-state index in [0.717, 1.165) is 17.7 Å². The maximum absolute atomic E-state index is 13.3. The minimum Gasteiger partial charge on any atom is -0.331 e. The number of carbonyl (C=O) groups excluding carboxylic acids is 1. The van der Waals surface area contributed by atoms with E-state index in [1.54, 1.807) is 36.4 Å². The van der Waals surface area contributed by atoms with E-state index in [1.807, 2.05) is 5.38 Å². The SMILES string of the molecule is O=C(Nc1ccc(-c2csc(Nc3cccc(F)c3)n2)cc1)c1cccc(C(F)(F)F)c1. The maximum atomic E-state index is 13.3. The molecule has 1 heterocycles.